The molecule has 2 saturated heterocycles. The summed E-state index contributed by atoms with van der Waals surface area (Å²) in [6, 6.07) is 0. The van der Waals surface area contributed by atoms with E-state index in [1.807, 2.05) is 0 Å². The van der Waals surface area contributed by atoms with Crippen LogP contribution in [0.2, 0.25) is 0 Å². The van der Waals surface area contributed by atoms with Gasteiger partial charge < -0.3 is 9.84 Å². The fourth-order valence-corrected chi connectivity index (χ4v) is 4.38. The minimum Gasteiger partial charge on any atom is -0.385 e. The van der Waals surface area contributed by atoms with Crippen molar-refractivity contribution in [2.45, 2.75) is 57.2 Å². The van der Waals surface area contributed by atoms with Gasteiger partial charge in [-0.25, -0.2) is 0 Å². The lowest BCUT2D eigenvalue weighted by Crippen LogP contribution is -2.57. The zero-order chi connectivity index (χ0) is 13.7. The summed E-state index contributed by atoms with van der Waals surface area (Å²) in [5, 5.41) is 10.9. The van der Waals surface area contributed by atoms with E-state index >= 15 is 0 Å². The Bertz CT molecular complexity index is 333. The molecule has 2 heterocycles. The maximum atomic E-state index is 10.9. The Hall–Kier alpha value is -0.0551. The molecule has 3 fully saturated rings. The van der Waals surface area contributed by atoms with E-state index in [2.05, 4.69) is 18.7 Å². The Morgan fingerprint density at radius 2 is 1.84 bits per heavy atom. The van der Waals surface area contributed by atoms with Gasteiger partial charge in [0.05, 0.1) is 11.2 Å². The molecule has 0 spiro atoms. The molecule has 4 atom stereocenters. The van der Waals surface area contributed by atoms with Crippen molar-refractivity contribution in [3.63, 3.8) is 0 Å². The average Bonchev–Trinajstić information content (AvgIpc) is 2.87. The van der Waals surface area contributed by atoms with Gasteiger partial charge in [-0.3, -0.25) is 4.90 Å². The van der Waals surface area contributed by atoms with Gasteiger partial charge in [0.15, 0.2) is 0 Å². The molecule has 0 bridgehead atoms. The van der Waals surface area contributed by atoms with Crippen molar-refractivity contribution in [3.8, 4) is 0 Å². The van der Waals surface area contributed by atoms with Crippen LogP contribution in [0.3, 0.4) is 0 Å². The lowest BCUT2D eigenvalue weighted by Gasteiger charge is -2.47. The second-order valence-corrected chi connectivity index (χ2v) is 7.44. The van der Waals surface area contributed by atoms with Gasteiger partial charge in [-0.1, -0.05) is 6.42 Å². The fraction of sp³-hybridized carbons (Fsp3) is 1.00. The van der Waals surface area contributed by atoms with E-state index in [1.54, 1.807) is 0 Å². The second-order valence-electron chi connectivity index (χ2n) is 7.44. The molecule has 0 aromatic carbocycles. The highest BCUT2D eigenvalue weighted by molar-refractivity contribution is 6.14. The van der Waals surface area contributed by atoms with Gasteiger partial charge in [-0.2, -0.15) is 0 Å². The van der Waals surface area contributed by atoms with Gasteiger partial charge >= 0.3 is 0 Å². The largest absolute Gasteiger partial charge is 0.385 e. The first kappa shape index (κ1) is 13.9. The molecule has 1 aliphatic carbocycles. The number of hydrogen-bond acceptors (Lipinski definition) is 3. The van der Waals surface area contributed by atoms with Crippen molar-refractivity contribution >= 4 is 7.85 Å². The van der Waals surface area contributed by atoms with E-state index in [0.717, 1.165) is 37.8 Å². The van der Waals surface area contributed by atoms with Crippen LogP contribution in [0.4, 0.5) is 0 Å². The average molecular weight is 263 g/mol. The molecule has 1 N–H and O–H groups in total. The lowest BCUT2D eigenvalue weighted by molar-refractivity contribution is -0.146. The molecule has 4 unspecified atom stereocenters. The molecule has 106 valence electrons. The van der Waals surface area contributed by atoms with Crippen LogP contribution < -0.4 is 0 Å². The molecular formula is C15H26BNO2. The lowest BCUT2D eigenvalue weighted by atomic mass is 9.70. The van der Waals surface area contributed by atoms with Gasteiger partial charge in [0.1, 0.15) is 7.85 Å². The van der Waals surface area contributed by atoms with Crippen molar-refractivity contribution in [2.24, 2.45) is 17.8 Å². The number of likely N-dealkylation sites (tertiary alicyclic amines) is 1. The smallest absolute Gasteiger partial charge is 0.136 e. The zero-order valence-corrected chi connectivity index (χ0v) is 12.3. The monoisotopic (exact) mass is 263 g/mol. The summed E-state index contributed by atoms with van der Waals surface area (Å²) in [5.41, 5.74) is -1.31. The van der Waals surface area contributed by atoms with Crippen molar-refractivity contribution < 1.29 is 9.84 Å². The molecule has 19 heavy (non-hydrogen) atoms. The second kappa shape index (κ2) is 4.75. The van der Waals surface area contributed by atoms with Crippen LogP contribution in [0.5, 0.6) is 0 Å². The van der Waals surface area contributed by atoms with E-state index in [4.69, 9.17) is 12.6 Å². The van der Waals surface area contributed by atoms with Crippen molar-refractivity contribution in [2.75, 3.05) is 19.7 Å². The van der Waals surface area contributed by atoms with Crippen LogP contribution in [0.15, 0.2) is 0 Å². The van der Waals surface area contributed by atoms with Gasteiger partial charge in [0.2, 0.25) is 0 Å². The van der Waals surface area contributed by atoms with E-state index < -0.39 is 5.62 Å². The Morgan fingerprint density at radius 3 is 2.42 bits per heavy atom. The van der Waals surface area contributed by atoms with Gasteiger partial charge in [0, 0.05) is 19.7 Å². The van der Waals surface area contributed by atoms with Gasteiger partial charge in [0.25, 0.3) is 0 Å². The SMILES string of the molecule is [B]C(O)(C1CCOC(C)(C)C1)N1CC2CCCC2C1. The van der Waals surface area contributed by atoms with Crippen LogP contribution in [-0.2, 0) is 4.74 Å². The third-order valence-electron chi connectivity index (χ3n) is 5.53. The maximum Gasteiger partial charge on any atom is 0.136 e. The quantitative estimate of drug-likeness (QED) is 0.770. The van der Waals surface area contributed by atoms with Crippen molar-refractivity contribution in [1.29, 1.82) is 0 Å². The van der Waals surface area contributed by atoms with Crippen LogP contribution in [-0.4, -0.2) is 48.8 Å². The fourth-order valence-electron chi connectivity index (χ4n) is 4.38. The Balaban J connectivity index is 1.68. The van der Waals surface area contributed by atoms with Crippen molar-refractivity contribution in [1.82, 2.24) is 4.90 Å². The molecule has 0 amide bonds. The van der Waals surface area contributed by atoms with Crippen LogP contribution in [0.1, 0.15) is 46.0 Å². The molecule has 3 nitrogen and oxygen atoms in total. The van der Waals surface area contributed by atoms with E-state index in [9.17, 15) is 5.11 Å². The van der Waals surface area contributed by atoms with Crippen molar-refractivity contribution in [3.05, 3.63) is 0 Å². The minimum absolute atomic E-state index is 0.120. The Morgan fingerprint density at radius 1 is 1.21 bits per heavy atom. The molecule has 2 radical (unpaired) electrons. The normalized spacial score (nSPS) is 41.9. The highest BCUT2D eigenvalue weighted by Gasteiger charge is 2.47. The summed E-state index contributed by atoms with van der Waals surface area (Å²) < 4.78 is 5.74. The number of rotatable bonds is 2. The van der Waals surface area contributed by atoms with E-state index in [1.165, 1.54) is 19.3 Å². The van der Waals surface area contributed by atoms with Gasteiger partial charge in [-0.15, -0.1) is 0 Å². The predicted octanol–water partition coefficient (Wildman–Crippen LogP) is 1.74. The van der Waals surface area contributed by atoms with Crippen LogP contribution in [0, 0.1) is 17.8 Å². The predicted molar refractivity (Wildman–Crippen MR) is 75.9 cm³/mol. The third-order valence-corrected chi connectivity index (χ3v) is 5.53. The number of hydrogen-bond donors (Lipinski definition) is 1. The van der Waals surface area contributed by atoms with Gasteiger partial charge in [-0.05, 0) is 57.3 Å². The van der Waals surface area contributed by atoms with Crippen LogP contribution >= 0.6 is 0 Å². The number of aliphatic hydroxyl groups is 1. The third kappa shape index (κ3) is 2.59. The summed E-state index contributed by atoms with van der Waals surface area (Å²) in [5.74, 6) is 1.65. The van der Waals surface area contributed by atoms with E-state index in [-0.39, 0.29) is 11.5 Å². The molecule has 0 aromatic heterocycles. The van der Waals surface area contributed by atoms with E-state index in [0.29, 0.717) is 6.61 Å². The molecular weight excluding hydrogens is 237 g/mol. The molecule has 2 aliphatic heterocycles. The summed E-state index contributed by atoms with van der Waals surface area (Å²) >= 11 is 0. The number of ether oxygens (including phenoxy) is 1. The molecule has 3 rings (SSSR count). The first-order valence-corrected chi connectivity index (χ1v) is 7.79. The summed E-state index contributed by atoms with van der Waals surface area (Å²) in [6.07, 6.45) is 5.69. The molecule has 3 aliphatic rings. The summed E-state index contributed by atoms with van der Waals surface area (Å²) in [4.78, 5) is 2.15. The number of nitrogens with zero attached hydrogens (tertiary/aromatic N) is 1. The minimum atomic E-state index is -1.15. The standard InChI is InChI=1S/C15H26BNO2/c1-14(2)8-13(6-7-19-14)15(16,18)17-9-11-4-3-5-12(11)10-17/h11-13,18H,3-10H2,1-2H3. The van der Waals surface area contributed by atoms with Crippen LogP contribution in [0.25, 0.3) is 0 Å². The Kier molecular flexibility index (Phi) is 3.47. The molecule has 0 aromatic rings. The summed E-state index contributed by atoms with van der Waals surface area (Å²) in [6.45, 7) is 6.85. The summed E-state index contributed by atoms with van der Waals surface area (Å²) in [7, 11) is 6.35. The first-order chi connectivity index (χ1) is 8.88. The topological polar surface area (TPSA) is 32.7 Å². The maximum absolute atomic E-state index is 10.9. The number of fused-ring (bicyclic) bond motifs is 1. The highest BCUT2D eigenvalue weighted by atomic mass is 16.5. The molecule has 1 saturated carbocycles. The zero-order valence-electron chi connectivity index (χ0n) is 12.3. The Labute approximate surface area is 118 Å². The first-order valence-electron chi connectivity index (χ1n) is 7.79. The highest BCUT2D eigenvalue weighted by Crippen LogP contribution is 2.43. The molecule has 4 heteroatoms.